The molecule has 3 heterocycles. The summed E-state index contributed by atoms with van der Waals surface area (Å²) in [5.74, 6) is 2.25. The van der Waals surface area contributed by atoms with Crippen molar-refractivity contribution in [1.82, 2.24) is 10.2 Å². The number of aliphatic imine (C=N–C) groups is 1. The first-order valence-electron chi connectivity index (χ1n) is 6.43. The van der Waals surface area contributed by atoms with E-state index >= 15 is 0 Å². The Kier molecular flexibility index (Phi) is 2.29. The minimum atomic E-state index is -0.888. The summed E-state index contributed by atoms with van der Waals surface area (Å²) in [4.78, 5) is 16.9. The Labute approximate surface area is 114 Å². The van der Waals surface area contributed by atoms with Crippen LogP contribution in [-0.4, -0.2) is 53.9 Å². The number of ether oxygens (including phenoxy) is 2. The summed E-state index contributed by atoms with van der Waals surface area (Å²) < 4.78 is 10.6. The number of amides is 1. The van der Waals surface area contributed by atoms with Gasteiger partial charge in [-0.25, -0.2) is 4.79 Å². The van der Waals surface area contributed by atoms with E-state index in [0.29, 0.717) is 13.1 Å². The third kappa shape index (κ3) is 1.66. The number of likely N-dealkylation sites (tertiary alicyclic amines) is 1. The van der Waals surface area contributed by atoms with E-state index in [1.54, 1.807) is 0 Å². The van der Waals surface area contributed by atoms with E-state index in [9.17, 15) is 4.79 Å². The number of hydrogen-bond donors (Lipinski definition) is 2. The van der Waals surface area contributed by atoms with Gasteiger partial charge in [-0.05, 0) is 18.2 Å². The van der Waals surface area contributed by atoms with Gasteiger partial charge >= 0.3 is 6.09 Å². The van der Waals surface area contributed by atoms with Crippen LogP contribution in [0.5, 0.6) is 11.5 Å². The van der Waals surface area contributed by atoms with Crippen molar-refractivity contribution < 1.29 is 19.4 Å². The average molecular weight is 275 g/mol. The number of fused-ring (bicyclic) bond motifs is 2. The maximum atomic E-state index is 10.9. The molecule has 0 saturated carbocycles. The van der Waals surface area contributed by atoms with Crippen molar-refractivity contribution in [3.05, 3.63) is 23.8 Å². The largest absolute Gasteiger partial charge is 0.465 e. The smallest absolute Gasteiger partial charge is 0.407 e. The Balaban J connectivity index is 1.57. The highest BCUT2D eigenvalue weighted by Gasteiger charge is 2.39. The Morgan fingerprint density at radius 1 is 1.35 bits per heavy atom. The van der Waals surface area contributed by atoms with E-state index in [1.807, 2.05) is 18.2 Å². The van der Waals surface area contributed by atoms with Gasteiger partial charge in [0.15, 0.2) is 11.5 Å². The highest BCUT2D eigenvalue weighted by atomic mass is 16.7. The van der Waals surface area contributed by atoms with Crippen LogP contribution in [0.4, 0.5) is 4.79 Å². The zero-order valence-electron chi connectivity index (χ0n) is 10.6. The summed E-state index contributed by atoms with van der Waals surface area (Å²) in [6, 6.07) is 5.73. The number of carboxylic acid groups (broad SMARTS) is 1. The van der Waals surface area contributed by atoms with Crippen LogP contribution in [0, 0.1) is 0 Å². The van der Waals surface area contributed by atoms with Crippen LogP contribution in [0.3, 0.4) is 0 Å². The van der Waals surface area contributed by atoms with Gasteiger partial charge in [0, 0.05) is 18.7 Å². The van der Waals surface area contributed by atoms with Crippen molar-refractivity contribution in [1.29, 1.82) is 0 Å². The summed E-state index contributed by atoms with van der Waals surface area (Å²) in [5, 5.41) is 12.3. The lowest BCUT2D eigenvalue weighted by Crippen LogP contribution is -2.36. The third-order valence-corrected chi connectivity index (χ3v) is 3.82. The molecule has 0 radical (unpaired) electrons. The van der Waals surface area contributed by atoms with Crippen LogP contribution in [0.25, 0.3) is 0 Å². The molecule has 1 saturated heterocycles. The molecular formula is C13H13N3O4. The number of hydrogen-bond acceptors (Lipinski definition) is 5. The summed E-state index contributed by atoms with van der Waals surface area (Å²) in [7, 11) is 0. The highest BCUT2D eigenvalue weighted by Crippen LogP contribution is 2.33. The predicted octanol–water partition coefficient (Wildman–Crippen LogP) is 0.496. The molecule has 1 aromatic carbocycles. The second kappa shape index (κ2) is 4.03. The van der Waals surface area contributed by atoms with Crippen LogP contribution < -0.4 is 14.8 Å². The summed E-state index contributed by atoms with van der Waals surface area (Å²) in [6.45, 7) is 1.16. The molecule has 7 nitrogen and oxygen atoms in total. The lowest BCUT2D eigenvalue weighted by atomic mass is 10.2. The quantitative estimate of drug-likeness (QED) is 0.779. The minimum absolute atomic E-state index is 0.00785. The van der Waals surface area contributed by atoms with Gasteiger partial charge in [0.25, 0.3) is 0 Å². The molecule has 0 aromatic heterocycles. The fourth-order valence-electron chi connectivity index (χ4n) is 2.80. The fraction of sp³-hybridized carbons (Fsp3) is 0.385. The molecule has 0 aliphatic carbocycles. The maximum absolute atomic E-state index is 10.9. The summed E-state index contributed by atoms with van der Waals surface area (Å²) >= 11 is 0. The van der Waals surface area contributed by atoms with Crippen LogP contribution in [0.15, 0.2) is 23.2 Å². The van der Waals surface area contributed by atoms with Gasteiger partial charge in [-0.2, -0.15) is 0 Å². The first-order valence-corrected chi connectivity index (χ1v) is 6.43. The molecule has 3 aliphatic heterocycles. The number of nitrogens with one attached hydrogen (secondary N) is 1. The second-order valence-electron chi connectivity index (χ2n) is 5.05. The Morgan fingerprint density at radius 2 is 2.20 bits per heavy atom. The molecule has 0 spiro atoms. The molecule has 3 aliphatic rings. The molecule has 2 atom stereocenters. The van der Waals surface area contributed by atoms with Crippen molar-refractivity contribution in [3.63, 3.8) is 0 Å². The molecule has 20 heavy (non-hydrogen) atoms. The van der Waals surface area contributed by atoms with Crippen molar-refractivity contribution in [2.45, 2.75) is 12.1 Å². The lowest BCUT2D eigenvalue weighted by molar-refractivity contribution is 0.154. The van der Waals surface area contributed by atoms with E-state index in [4.69, 9.17) is 14.6 Å². The van der Waals surface area contributed by atoms with Crippen molar-refractivity contribution in [2.75, 3.05) is 19.9 Å². The number of benzene rings is 1. The van der Waals surface area contributed by atoms with Gasteiger partial charge in [0.2, 0.25) is 6.79 Å². The second-order valence-corrected chi connectivity index (χ2v) is 5.05. The van der Waals surface area contributed by atoms with E-state index in [-0.39, 0.29) is 18.9 Å². The van der Waals surface area contributed by atoms with Crippen LogP contribution in [-0.2, 0) is 0 Å². The molecule has 2 N–H and O–H groups in total. The summed E-state index contributed by atoms with van der Waals surface area (Å²) in [5.41, 5.74) is 0.936. The molecule has 7 heteroatoms. The zero-order chi connectivity index (χ0) is 13.7. The average Bonchev–Trinajstić information content (AvgIpc) is 3.11. The molecule has 0 unspecified atom stereocenters. The van der Waals surface area contributed by atoms with E-state index in [0.717, 1.165) is 22.9 Å². The minimum Gasteiger partial charge on any atom is -0.465 e. The molecule has 1 aromatic rings. The van der Waals surface area contributed by atoms with Gasteiger partial charge in [0.05, 0.1) is 12.1 Å². The Bertz CT molecular complexity index is 616. The van der Waals surface area contributed by atoms with Crippen LogP contribution in [0.1, 0.15) is 5.56 Å². The van der Waals surface area contributed by atoms with Gasteiger partial charge in [-0.15, -0.1) is 0 Å². The molecule has 104 valence electrons. The number of rotatable bonds is 1. The topological polar surface area (TPSA) is 83.4 Å². The third-order valence-electron chi connectivity index (χ3n) is 3.82. The number of amidine groups is 1. The Hall–Kier alpha value is -2.44. The van der Waals surface area contributed by atoms with E-state index in [2.05, 4.69) is 10.3 Å². The highest BCUT2D eigenvalue weighted by molar-refractivity contribution is 6.01. The van der Waals surface area contributed by atoms with E-state index in [1.165, 1.54) is 4.90 Å². The van der Waals surface area contributed by atoms with Crippen molar-refractivity contribution in [3.8, 4) is 11.5 Å². The molecule has 4 rings (SSSR count). The molecule has 1 amide bonds. The molecular weight excluding hydrogens is 262 g/mol. The predicted molar refractivity (Wildman–Crippen MR) is 69.4 cm³/mol. The van der Waals surface area contributed by atoms with Gasteiger partial charge in [-0.1, -0.05) is 0 Å². The SMILES string of the molecule is O=C(O)N1C[C@@H]2NC(c3ccc4c(c3)OCO4)=N[C@@H]2C1. The molecule has 1 fully saturated rings. The van der Waals surface area contributed by atoms with Gasteiger partial charge in [-0.3, -0.25) is 4.99 Å². The van der Waals surface area contributed by atoms with Gasteiger partial charge < -0.3 is 24.8 Å². The Morgan fingerprint density at radius 3 is 3.00 bits per heavy atom. The first kappa shape index (κ1) is 11.4. The van der Waals surface area contributed by atoms with Crippen LogP contribution >= 0.6 is 0 Å². The normalized spacial score (nSPS) is 26.2. The zero-order valence-corrected chi connectivity index (χ0v) is 10.6. The monoisotopic (exact) mass is 275 g/mol. The number of nitrogens with zero attached hydrogens (tertiary/aromatic N) is 2. The van der Waals surface area contributed by atoms with E-state index < -0.39 is 6.09 Å². The standard InChI is InChI=1S/C13H13N3O4/c17-13(18)16-4-8-9(5-16)15-12(14-8)7-1-2-10-11(3-7)20-6-19-10/h1-3,8-9H,4-6H2,(H,14,15)(H,17,18)/t8-,9+. The lowest BCUT2D eigenvalue weighted by Gasteiger charge is -2.13. The van der Waals surface area contributed by atoms with Crippen LogP contribution in [0.2, 0.25) is 0 Å². The first-order chi connectivity index (χ1) is 9.70. The number of carbonyl (C=O) groups is 1. The molecule has 0 bridgehead atoms. The van der Waals surface area contributed by atoms with Crippen molar-refractivity contribution in [2.24, 2.45) is 4.99 Å². The fourth-order valence-corrected chi connectivity index (χ4v) is 2.80. The summed E-state index contributed by atoms with van der Waals surface area (Å²) in [6.07, 6.45) is -0.888. The van der Waals surface area contributed by atoms with Crippen molar-refractivity contribution >= 4 is 11.9 Å². The maximum Gasteiger partial charge on any atom is 0.407 e. The van der Waals surface area contributed by atoms with Gasteiger partial charge in [0.1, 0.15) is 5.84 Å².